The summed E-state index contributed by atoms with van der Waals surface area (Å²) in [6.07, 6.45) is 2.24. The van der Waals surface area contributed by atoms with Crippen molar-refractivity contribution < 1.29 is 28.2 Å². The highest BCUT2D eigenvalue weighted by Crippen LogP contribution is 2.43. The van der Waals surface area contributed by atoms with Crippen molar-refractivity contribution in [3.05, 3.63) is 83.4 Å². The Morgan fingerprint density at radius 3 is 2.37 bits per heavy atom. The van der Waals surface area contributed by atoms with Crippen molar-refractivity contribution in [3.63, 3.8) is 0 Å². The average Bonchev–Trinajstić information content (AvgIpc) is 3.22. The Hall–Kier alpha value is -3.78. The van der Waals surface area contributed by atoms with Gasteiger partial charge < -0.3 is 14.7 Å². The fourth-order valence-corrected chi connectivity index (χ4v) is 5.54. The lowest BCUT2D eigenvalue weighted by molar-refractivity contribution is -0.118. The average molecular weight is 521 g/mol. The number of carboxylic acid groups (broad SMARTS) is 1. The minimum atomic E-state index is -0.989. The second-order valence-electron chi connectivity index (χ2n) is 10.2. The third-order valence-corrected chi connectivity index (χ3v) is 7.60. The van der Waals surface area contributed by atoms with Crippen molar-refractivity contribution in [1.29, 1.82) is 0 Å². The number of piperidine rings is 1. The first kappa shape index (κ1) is 25.9. The van der Waals surface area contributed by atoms with Gasteiger partial charge >= 0.3 is 5.97 Å². The van der Waals surface area contributed by atoms with Crippen LogP contribution in [0, 0.1) is 17.0 Å². The molecule has 38 heavy (non-hydrogen) atoms. The van der Waals surface area contributed by atoms with Gasteiger partial charge in [-0.3, -0.25) is 9.69 Å². The Labute approximate surface area is 220 Å². The van der Waals surface area contributed by atoms with E-state index in [0.29, 0.717) is 37.4 Å². The number of nitrogens with zero attached hydrogens (tertiary/aromatic N) is 2. The number of carbonyl (C=O) groups is 2. The number of hydrogen-bond donors (Lipinski definition) is 1. The number of carbonyl (C=O) groups excluding carboxylic acids is 1. The molecule has 8 heteroatoms. The molecule has 0 unspecified atom stereocenters. The van der Waals surface area contributed by atoms with Gasteiger partial charge in [-0.25, -0.2) is 13.6 Å². The highest BCUT2D eigenvalue weighted by molar-refractivity contribution is 5.97. The summed E-state index contributed by atoms with van der Waals surface area (Å²) in [5.74, 6) is -1.99. The van der Waals surface area contributed by atoms with Gasteiger partial charge in [0, 0.05) is 25.2 Å². The number of benzene rings is 3. The van der Waals surface area contributed by atoms with Gasteiger partial charge in [0.15, 0.2) is 11.6 Å². The van der Waals surface area contributed by atoms with Crippen LogP contribution in [0.4, 0.5) is 14.5 Å². The van der Waals surface area contributed by atoms with Gasteiger partial charge in [0.25, 0.3) is 0 Å². The molecule has 2 heterocycles. The molecule has 0 atom stereocenters. The summed E-state index contributed by atoms with van der Waals surface area (Å²) in [5.41, 5.74) is 3.22. The molecule has 0 aromatic heterocycles. The second kappa shape index (κ2) is 10.5. The van der Waals surface area contributed by atoms with Crippen molar-refractivity contribution in [3.8, 4) is 16.9 Å². The van der Waals surface area contributed by atoms with Crippen molar-refractivity contribution in [2.24, 2.45) is 5.41 Å². The van der Waals surface area contributed by atoms with Gasteiger partial charge in [0.05, 0.1) is 12.2 Å². The number of anilines is 1. The summed E-state index contributed by atoms with van der Waals surface area (Å²) in [5, 5.41) is 9.14. The maximum Gasteiger partial charge on any atom is 0.335 e. The molecule has 1 N–H and O–H groups in total. The van der Waals surface area contributed by atoms with E-state index in [2.05, 4.69) is 4.90 Å². The number of rotatable bonds is 7. The van der Waals surface area contributed by atoms with Crippen LogP contribution in [0.3, 0.4) is 0 Å². The van der Waals surface area contributed by atoms with Crippen LogP contribution in [0.2, 0.25) is 0 Å². The number of likely N-dealkylation sites (tertiary alicyclic amines) is 1. The van der Waals surface area contributed by atoms with Gasteiger partial charge in [-0.15, -0.1) is 0 Å². The Morgan fingerprint density at radius 1 is 0.974 bits per heavy atom. The number of halogens is 2. The molecule has 5 rings (SSSR count). The molecule has 198 valence electrons. The Kier molecular flexibility index (Phi) is 7.17. The first-order chi connectivity index (χ1) is 18.2. The Balaban J connectivity index is 1.27. The zero-order valence-corrected chi connectivity index (χ0v) is 21.3. The minimum Gasteiger partial charge on any atom is -0.494 e. The fourth-order valence-electron chi connectivity index (χ4n) is 5.54. The molecular formula is C30H30F2N2O4. The van der Waals surface area contributed by atoms with Gasteiger partial charge in [-0.05, 0) is 110 Å². The lowest BCUT2D eigenvalue weighted by Crippen LogP contribution is -2.41. The molecule has 0 saturated carbocycles. The van der Waals surface area contributed by atoms with Crippen molar-refractivity contribution in [2.45, 2.75) is 32.7 Å². The van der Waals surface area contributed by atoms with E-state index in [4.69, 9.17) is 9.84 Å². The van der Waals surface area contributed by atoms with Crippen molar-refractivity contribution in [2.75, 3.05) is 31.1 Å². The zero-order valence-electron chi connectivity index (χ0n) is 21.3. The second-order valence-corrected chi connectivity index (χ2v) is 10.2. The van der Waals surface area contributed by atoms with E-state index in [9.17, 15) is 18.4 Å². The van der Waals surface area contributed by atoms with Crippen LogP contribution in [0.25, 0.3) is 11.1 Å². The van der Waals surface area contributed by atoms with Gasteiger partial charge in [-0.1, -0.05) is 6.07 Å². The highest BCUT2D eigenvalue weighted by atomic mass is 19.2. The minimum absolute atomic E-state index is 0.0714. The molecule has 6 nitrogen and oxygen atoms in total. The first-order valence-electron chi connectivity index (χ1n) is 12.8. The SMILES string of the molecule is CCOc1cc(CN2CCC3(CC2)CC(=O)N(c2ccc(C(=O)O)cc2)C3)cc(-c2ccc(F)c(F)c2)c1. The summed E-state index contributed by atoms with van der Waals surface area (Å²) in [4.78, 5) is 28.2. The Bertz CT molecular complexity index is 1350. The van der Waals surface area contributed by atoms with E-state index in [1.807, 2.05) is 25.1 Å². The standard InChI is InChI=1S/C30H30F2N2O4/c1-2-38-25-14-20(13-23(15-25)22-5-8-26(31)27(32)16-22)18-33-11-9-30(10-12-33)17-28(35)34(19-30)24-6-3-21(4-7-24)29(36)37/h3-8,13-16H,2,9-12,17-19H2,1H3,(H,36,37). The molecule has 1 amide bonds. The predicted molar refractivity (Wildman–Crippen MR) is 140 cm³/mol. The third-order valence-electron chi connectivity index (χ3n) is 7.60. The van der Waals surface area contributed by atoms with E-state index in [0.717, 1.165) is 48.8 Å². The van der Waals surface area contributed by atoms with E-state index in [-0.39, 0.29) is 16.9 Å². The summed E-state index contributed by atoms with van der Waals surface area (Å²) in [6.45, 7) is 5.38. The highest BCUT2D eigenvalue weighted by Gasteiger charge is 2.45. The number of amides is 1. The van der Waals surface area contributed by atoms with Crippen molar-refractivity contribution in [1.82, 2.24) is 4.90 Å². The van der Waals surface area contributed by atoms with Crippen LogP contribution < -0.4 is 9.64 Å². The monoisotopic (exact) mass is 520 g/mol. The van der Waals surface area contributed by atoms with Crippen LogP contribution in [0.1, 0.15) is 42.1 Å². The number of carboxylic acids is 1. The summed E-state index contributed by atoms with van der Waals surface area (Å²) < 4.78 is 33.1. The molecule has 2 aliphatic rings. The lowest BCUT2D eigenvalue weighted by atomic mass is 9.77. The maximum absolute atomic E-state index is 13.9. The summed E-state index contributed by atoms with van der Waals surface area (Å²) >= 11 is 0. The van der Waals surface area contributed by atoms with Gasteiger partial charge in [0.1, 0.15) is 5.75 Å². The van der Waals surface area contributed by atoms with Crippen molar-refractivity contribution >= 4 is 17.6 Å². The normalized spacial score (nSPS) is 17.2. The third kappa shape index (κ3) is 5.41. The lowest BCUT2D eigenvalue weighted by Gasteiger charge is -2.39. The fraction of sp³-hybridized carbons (Fsp3) is 0.333. The maximum atomic E-state index is 13.9. The smallest absolute Gasteiger partial charge is 0.335 e. The molecule has 0 radical (unpaired) electrons. The van der Waals surface area contributed by atoms with Crippen LogP contribution in [0.5, 0.6) is 5.75 Å². The molecule has 2 aliphatic heterocycles. The van der Waals surface area contributed by atoms with Crippen LogP contribution in [0.15, 0.2) is 60.7 Å². The van der Waals surface area contributed by atoms with Crippen LogP contribution >= 0.6 is 0 Å². The summed E-state index contributed by atoms with van der Waals surface area (Å²) in [7, 11) is 0. The number of hydrogen-bond acceptors (Lipinski definition) is 4. The van der Waals surface area contributed by atoms with Gasteiger partial charge in [-0.2, -0.15) is 0 Å². The Morgan fingerprint density at radius 2 is 1.71 bits per heavy atom. The molecule has 3 aromatic rings. The number of aromatic carboxylic acids is 1. The predicted octanol–water partition coefficient (Wildman–Crippen LogP) is 5.75. The van der Waals surface area contributed by atoms with E-state index >= 15 is 0 Å². The number of ether oxygens (including phenoxy) is 1. The molecule has 2 saturated heterocycles. The molecule has 2 fully saturated rings. The molecular weight excluding hydrogens is 490 g/mol. The molecule has 1 spiro atoms. The molecule has 0 aliphatic carbocycles. The van der Waals surface area contributed by atoms with Gasteiger partial charge in [0.2, 0.25) is 5.91 Å². The van der Waals surface area contributed by atoms with Crippen LogP contribution in [-0.4, -0.2) is 48.1 Å². The quantitative estimate of drug-likeness (QED) is 0.430. The molecule has 3 aromatic carbocycles. The largest absolute Gasteiger partial charge is 0.494 e. The van der Waals surface area contributed by atoms with E-state index < -0.39 is 17.6 Å². The van der Waals surface area contributed by atoms with E-state index in [1.165, 1.54) is 18.2 Å². The van der Waals surface area contributed by atoms with E-state index in [1.54, 1.807) is 23.1 Å². The molecule has 0 bridgehead atoms. The zero-order chi connectivity index (χ0) is 26.9. The summed E-state index contributed by atoms with van der Waals surface area (Å²) in [6, 6.07) is 16.2. The first-order valence-corrected chi connectivity index (χ1v) is 12.8. The topological polar surface area (TPSA) is 70.1 Å². The van der Waals surface area contributed by atoms with Crippen LogP contribution in [-0.2, 0) is 11.3 Å².